The molecule has 0 aliphatic rings. The molecular weight excluding hydrogens is 288 g/mol. The first-order valence-electron chi connectivity index (χ1n) is 5.19. The van der Waals surface area contributed by atoms with Crippen molar-refractivity contribution >= 4 is 21.9 Å². The molecule has 0 fully saturated rings. The number of carboxylic acids is 1. The van der Waals surface area contributed by atoms with Crippen molar-refractivity contribution in [1.82, 2.24) is 0 Å². The van der Waals surface area contributed by atoms with Crippen LogP contribution in [0.5, 0.6) is 5.75 Å². The van der Waals surface area contributed by atoms with Gasteiger partial charge < -0.3 is 14.9 Å². The van der Waals surface area contributed by atoms with Crippen LogP contribution in [-0.4, -0.2) is 23.3 Å². The van der Waals surface area contributed by atoms with E-state index in [0.717, 1.165) is 4.47 Å². The van der Waals surface area contributed by atoms with Crippen LogP contribution in [0.4, 0.5) is 0 Å². The summed E-state index contributed by atoms with van der Waals surface area (Å²) in [6, 6.07) is 5.24. The first kappa shape index (κ1) is 14.0. The Balaban J connectivity index is 2.94. The lowest BCUT2D eigenvalue weighted by atomic mass is 9.94. The van der Waals surface area contributed by atoms with Gasteiger partial charge >= 0.3 is 5.97 Å². The van der Waals surface area contributed by atoms with Crippen LogP contribution in [0.2, 0.25) is 0 Å². The number of carboxylic acid groups (broad SMARTS) is 1. The number of aliphatic carboxylic acids is 1. The third kappa shape index (κ3) is 3.71. The Morgan fingerprint density at radius 2 is 2.18 bits per heavy atom. The number of methoxy groups -OCH3 is 1. The topological polar surface area (TPSA) is 66.8 Å². The third-order valence-electron chi connectivity index (χ3n) is 2.56. The fourth-order valence-corrected chi connectivity index (χ4v) is 2.05. The second-order valence-corrected chi connectivity index (χ2v) is 4.76. The number of halogens is 1. The summed E-state index contributed by atoms with van der Waals surface area (Å²) in [5.74, 6) is -0.656. The zero-order valence-electron chi connectivity index (χ0n) is 9.68. The number of rotatable bonds is 5. The number of hydrogen-bond donors (Lipinski definition) is 2. The molecule has 0 aromatic heterocycles. The Morgan fingerprint density at radius 1 is 1.53 bits per heavy atom. The molecule has 0 amide bonds. The predicted octanol–water partition coefficient (Wildman–Crippen LogP) is 2.60. The standard InChI is InChI=1S/C12H15BrO4/c1-7(5-11(14)15)12(16)9-6-8(17-2)3-4-10(9)13/h3-4,6-7,12,16H,5H2,1-2H3,(H,14,15). The molecule has 0 spiro atoms. The maximum absolute atomic E-state index is 10.6. The smallest absolute Gasteiger partial charge is 0.303 e. The summed E-state index contributed by atoms with van der Waals surface area (Å²) < 4.78 is 5.81. The van der Waals surface area contributed by atoms with Gasteiger partial charge in [0.2, 0.25) is 0 Å². The second kappa shape index (κ2) is 6.02. The van der Waals surface area contributed by atoms with E-state index in [9.17, 15) is 9.90 Å². The molecule has 1 aromatic carbocycles. The Labute approximate surface area is 108 Å². The van der Waals surface area contributed by atoms with Crippen LogP contribution in [-0.2, 0) is 4.79 Å². The lowest BCUT2D eigenvalue weighted by Gasteiger charge is -2.19. The van der Waals surface area contributed by atoms with Crippen LogP contribution < -0.4 is 4.74 Å². The molecule has 2 atom stereocenters. The number of aliphatic hydroxyl groups excluding tert-OH is 1. The van der Waals surface area contributed by atoms with E-state index in [1.54, 1.807) is 32.2 Å². The van der Waals surface area contributed by atoms with Crippen molar-refractivity contribution in [1.29, 1.82) is 0 Å². The van der Waals surface area contributed by atoms with Crippen LogP contribution in [0.25, 0.3) is 0 Å². The van der Waals surface area contributed by atoms with Gasteiger partial charge in [-0.15, -0.1) is 0 Å². The number of hydrogen-bond acceptors (Lipinski definition) is 3. The van der Waals surface area contributed by atoms with Gasteiger partial charge in [0.05, 0.1) is 19.6 Å². The average Bonchev–Trinajstić information content (AvgIpc) is 2.28. The number of benzene rings is 1. The van der Waals surface area contributed by atoms with Gasteiger partial charge in [-0.3, -0.25) is 4.79 Å². The molecular formula is C12H15BrO4. The van der Waals surface area contributed by atoms with Crippen molar-refractivity contribution in [2.45, 2.75) is 19.4 Å². The van der Waals surface area contributed by atoms with Crippen LogP contribution in [0, 0.1) is 5.92 Å². The Hall–Kier alpha value is -1.07. The highest BCUT2D eigenvalue weighted by Crippen LogP contribution is 2.32. The van der Waals surface area contributed by atoms with Crippen molar-refractivity contribution in [2.24, 2.45) is 5.92 Å². The van der Waals surface area contributed by atoms with E-state index in [0.29, 0.717) is 11.3 Å². The number of ether oxygens (including phenoxy) is 1. The first-order valence-corrected chi connectivity index (χ1v) is 5.98. The van der Waals surface area contributed by atoms with E-state index in [4.69, 9.17) is 9.84 Å². The van der Waals surface area contributed by atoms with Gasteiger partial charge in [0, 0.05) is 4.47 Å². The van der Waals surface area contributed by atoms with E-state index < -0.39 is 12.1 Å². The fourth-order valence-electron chi connectivity index (χ4n) is 1.57. The summed E-state index contributed by atoms with van der Waals surface area (Å²) >= 11 is 3.33. The minimum absolute atomic E-state index is 0.0786. The van der Waals surface area contributed by atoms with E-state index in [2.05, 4.69) is 15.9 Å². The monoisotopic (exact) mass is 302 g/mol. The Morgan fingerprint density at radius 3 is 2.71 bits per heavy atom. The van der Waals surface area contributed by atoms with Gasteiger partial charge in [0.15, 0.2) is 0 Å². The van der Waals surface area contributed by atoms with Crippen molar-refractivity contribution in [3.63, 3.8) is 0 Å². The maximum atomic E-state index is 10.6. The normalized spacial score (nSPS) is 14.1. The van der Waals surface area contributed by atoms with Crippen LogP contribution >= 0.6 is 15.9 Å². The highest BCUT2D eigenvalue weighted by Gasteiger charge is 2.21. The molecule has 1 rings (SSSR count). The van der Waals surface area contributed by atoms with Crippen LogP contribution in [0.15, 0.2) is 22.7 Å². The van der Waals surface area contributed by atoms with E-state index in [1.165, 1.54) is 0 Å². The lowest BCUT2D eigenvalue weighted by Crippen LogP contribution is -2.14. The van der Waals surface area contributed by atoms with Gasteiger partial charge in [-0.2, -0.15) is 0 Å². The SMILES string of the molecule is COc1ccc(Br)c(C(O)C(C)CC(=O)O)c1. The number of aliphatic hydroxyl groups is 1. The first-order chi connectivity index (χ1) is 7.95. The summed E-state index contributed by atoms with van der Waals surface area (Å²) in [5.41, 5.74) is 0.637. The van der Waals surface area contributed by atoms with E-state index in [-0.39, 0.29) is 12.3 Å². The van der Waals surface area contributed by atoms with E-state index >= 15 is 0 Å². The zero-order chi connectivity index (χ0) is 13.0. The summed E-state index contributed by atoms with van der Waals surface area (Å²) in [6.07, 6.45) is -0.916. The summed E-state index contributed by atoms with van der Waals surface area (Å²) in [7, 11) is 1.54. The highest BCUT2D eigenvalue weighted by molar-refractivity contribution is 9.10. The van der Waals surface area contributed by atoms with Crippen molar-refractivity contribution in [3.8, 4) is 5.75 Å². The molecule has 0 heterocycles. The molecule has 0 saturated carbocycles. The van der Waals surface area contributed by atoms with Crippen LogP contribution in [0.1, 0.15) is 25.0 Å². The quantitative estimate of drug-likeness (QED) is 0.877. The van der Waals surface area contributed by atoms with Crippen molar-refractivity contribution in [2.75, 3.05) is 7.11 Å². The zero-order valence-corrected chi connectivity index (χ0v) is 11.3. The minimum atomic E-state index is -0.921. The summed E-state index contributed by atoms with van der Waals surface area (Å²) in [5, 5.41) is 18.8. The summed E-state index contributed by atoms with van der Waals surface area (Å²) in [6.45, 7) is 1.70. The molecule has 0 aliphatic carbocycles. The highest BCUT2D eigenvalue weighted by atomic mass is 79.9. The Kier molecular flexibility index (Phi) is 4.96. The molecule has 0 aliphatic heterocycles. The van der Waals surface area contributed by atoms with Gasteiger partial charge in [-0.05, 0) is 29.7 Å². The van der Waals surface area contributed by atoms with Gasteiger partial charge in [0.25, 0.3) is 0 Å². The van der Waals surface area contributed by atoms with E-state index in [1.807, 2.05) is 0 Å². The van der Waals surface area contributed by atoms with Gasteiger partial charge in [0.1, 0.15) is 5.75 Å². The van der Waals surface area contributed by atoms with Crippen molar-refractivity contribution in [3.05, 3.63) is 28.2 Å². The molecule has 2 N–H and O–H groups in total. The molecule has 4 nitrogen and oxygen atoms in total. The van der Waals surface area contributed by atoms with Crippen molar-refractivity contribution < 1.29 is 19.7 Å². The van der Waals surface area contributed by atoms with Gasteiger partial charge in [-0.25, -0.2) is 0 Å². The molecule has 0 saturated heterocycles. The summed E-state index contributed by atoms with van der Waals surface area (Å²) in [4.78, 5) is 10.6. The molecule has 94 valence electrons. The molecule has 2 unspecified atom stereocenters. The van der Waals surface area contributed by atoms with Gasteiger partial charge in [-0.1, -0.05) is 22.9 Å². The largest absolute Gasteiger partial charge is 0.497 e. The molecule has 0 bridgehead atoms. The maximum Gasteiger partial charge on any atom is 0.303 e. The Bertz CT molecular complexity index is 405. The molecule has 5 heteroatoms. The second-order valence-electron chi connectivity index (χ2n) is 3.91. The molecule has 1 aromatic rings. The third-order valence-corrected chi connectivity index (χ3v) is 3.28. The number of carbonyl (C=O) groups is 1. The molecule has 17 heavy (non-hydrogen) atoms. The van der Waals surface area contributed by atoms with Crippen LogP contribution in [0.3, 0.4) is 0 Å². The predicted molar refractivity (Wildman–Crippen MR) is 67.1 cm³/mol. The fraction of sp³-hybridized carbons (Fsp3) is 0.417. The minimum Gasteiger partial charge on any atom is -0.497 e. The average molecular weight is 303 g/mol. The lowest BCUT2D eigenvalue weighted by molar-refractivity contribution is -0.139. The molecule has 0 radical (unpaired) electrons.